The zero-order valence-corrected chi connectivity index (χ0v) is 18.5. The van der Waals surface area contributed by atoms with Crippen LogP contribution in [0, 0.1) is 13.8 Å². The van der Waals surface area contributed by atoms with Crippen LogP contribution in [0.2, 0.25) is 0 Å². The minimum atomic E-state index is -0.715. The molecule has 3 amide bonds. The first-order chi connectivity index (χ1) is 14.8. The number of methoxy groups -OCH3 is 3. The first-order valence-corrected chi connectivity index (χ1v) is 9.76. The van der Waals surface area contributed by atoms with Gasteiger partial charge in [-0.15, -0.1) is 0 Å². The second kappa shape index (κ2) is 8.99. The summed E-state index contributed by atoms with van der Waals surface area (Å²) >= 11 is 0. The first kappa shape index (κ1) is 22.0. The number of nitrogens with one attached hydrogen (secondary N) is 3. The number of carbonyl (C=O) groups excluding carboxylic acids is 2. The van der Waals surface area contributed by atoms with Crippen molar-refractivity contribution in [3.05, 3.63) is 58.3 Å². The summed E-state index contributed by atoms with van der Waals surface area (Å²) in [6.45, 7) is 5.63. The van der Waals surface area contributed by atoms with Gasteiger partial charge in [0.15, 0.2) is 11.5 Å². The van der Waals surface area contributed by atoms with Crippen LogP contribution in [0.5, 0.6) is 17.2 Å². The fourth-order valence-electron chi connectivity index (χ4n) is 3.59. The molecule has 0 aliphatic carbocycles. The van der Waals surface area contributed by atoms with Crippen LogP contribution < -0.4 is 30.2 Å². The average molecular weight is 425 g/mol. The summed E-state index contributed by atoms with van der Waals surface area (Å²) in [5.74, 6) is 0.960. The molecule has 31 heavy (non-hydrogen) atoms. The van der Waals surface area contributed by atoms with Crippen molar-refractivity contribution in [3.63, 3.8) is 0 Å². The number of rotatable bonds is 6. The molecular weight excluding hydrogens is 398 g/mol. The Morgan fingerprint density at radius 1 is 1.00 bits per heavy atom. The van der Waals surface area contributed by atoms with Crippen LogP contribution in [0.1, 0.15) is 29.7 Å². The molecule has 0 saturated heterocycles. The molecule has 1 aliphatic rings. The van der Waals surface area contributed by atoms with Gasteiger partial charge in [-0.2, -0.15) is 0 Å². The fourth-order valence-corrected chi connectivity index (χ4v) is 3.59. The number of allylic oxidation sites excluding steroid dienone is 1. The van der Waals surface area contributed by atoms with Crippen molar-refractivity contribution in [2.75, 3.05) is 26.6 Å². The Labute approximate surface area is 181 Å². The molecule has 0 radical (unpaired) electrons. The van der Waals surface area contributed by atoms with E-state index in [-0.39, 0.29) is 5.91 Å². The molecule has 0 saturated carbocycles. The Bertz CT molecular complexity index is 1040. The number of urea groups is 1. The molecule has 3 rings (SSSR count). The Hall–Kier alpha value is -3.68. The van der Waals surface area contributed by atoms with E-state index in [4.69, 9.17) is 14.2 Å². The summed E-state index contributed by atoms with van der Waals surface area (Å²) in [5.41, 5.74) is 4.23. The van der Waals surface area contributed by atoms with E-state index in [1.54, 1.807) is 19.1 Å². The Balaban J connectivity index is 2.06. The van der Waals surface area contributed by atoms with Gasteiger partial charge in [0.05, 0.1) is 32.9 Å². The van der Waals surface area contributed by atoms with Gasteiger partial charge in [0.1, 0.15) is 0 Å². The SMILES string of the molecule is COc1cc([C@@H]2NC(=O)NC(C)=C2C(=O)Nc2cccc(C)c2C)cc(OC)c1OC. The third-order valence-electron chi connectivity index (χ3n) is 5.39. The van der Waals surface area contributed by atoms with E-state index in [1.807, 2.05) is 32.0 Å². The number of anilines is 1. The van der Waals surface area contributed by atoms with Crippen LogP contribution in [-0.4, -0.2) is 33.3 Å². The zero-order chi connectivity index (χ0) is 22.7. The van der Waals surface area contributed by atoms with Gasteiger partial charge in [-0.3, -0.25) is 4.79 Å². The molecule has 0 aromatic heterocycles. The van der Waals surface area contributed by atoms with Crippen LogP contribution >= 0.6 is 0 Å². The van der Waals surface area contributed by atoms with E-state index in [0.717, 1.165) is 11.1 Å². The molecule has 2 aromatic carbocycles. The van der Waals surface area contributed by atoms with Gasteiger partial charge in [0.2, 0.25) is 5.75 Å². The number of benzene rings is 2. The van der Waals surface area contributed by atoms with E-state index in [0.29, 0.717) is 39.8 Å². The minimum Gasteiger partial charge on any atom is -0.493 e. The molecule has 8 nitrogen and oxygen atoms in total. The van der Waals surface area contributed by atoms with Crippen molar-refractivity contribution < 1.29 is 23.8 Å². The summed E-state index contributed by atoms with van der Waals surface area (Å²) in [4.78, 5) is 25.6. The largest absolute Gasteiger partial charge is 0.493 e. The average Bonchev–Trinajstić information content (AvgIpc) is 2.75. The van der Waals surface area contributed by atoms with Crippen molar-refractivity contribution in [3.8, 4) is 17.2 Å². The predicted molar refractivity (Wildman–Crippen MR) is 118 cm³/mol. The molecule has 0 spiro atoms. The number of ether oxygens (including phenoxy) is 3. The molecule has 0 fully saturated rings. The molecule has 0 bridgehead atoms. The maximum Gasteiger partial charge on any atom is 0.319 e. The maximum atomic E-state index is 13.3. The lowest BCUT2D eigenvalue weighted by molar-refractivity contribution is -0.113. The molecule has 0 unspecified atom stereocenters. The molecule has 8 heteroatoms. The molecule has 2 aromatic rings. The molecule has 3 N–H and O–H groups in total. The third-order valence-corrected chi connectivity index (χ3v) is 5.39. The molecule has 1 heterocycles. The van der Waals surface area contributed by atoms with Crippen molar-refractivity contribution >= 4 is 17.6 Å². The summed E-state index contributed by atoms with van der Waals surface area (Å²) in [6, 6.07) is 8.03. The van der Waals surface area contributed by atoms with Crippen molar-refractivity contribution in [2.45, 2.75) is 26.8 Å². The van der Waals surface area contributed by atoms with E-state index in [2.05, 4.69) is 16.0 Å². The monoisotopic (exact) mass is 425 g/mol. The Morgan fingerprint density at radius 2 is 1.65 bits per heavy atom. The third kappa shape index (κ3) is 4.28. The Morgan fingerprint density at radius 3 is 2.23 bits per heavy atom. The summed E-state index contributed by atoms with van der Waals surface area (Å²) in [5, 5.41) is 8.48. The highest BCUT2D eigenvalue weighted by Crippen LogP contribution is 2.41. The van der Waals surface area contributed by atoms with Gasteiger partial charge in [-0.05, 0) is 55.7 Å². The lowest BCUT2D eigenvalue weighted by Crippen LogP contribution is -2.46. The van der Waals surface area contributed by atoms with Crippen molar-refractivity contribution in [1.82, 2.24) is 10.6 Å². The highest BCUT2D eigenvalue weighted by molar-refractivity contribution is 6.07. The summed E-state index contributed by atoms with van der Waals surface area (Å²) in [6.07, 6.45) is 0. The number of hydrogen-bond donors (Lipinski definition) is 3. The van der Waals surface area contributed by atoms with Crippen LogP contribution in [0.3, 0.4) is 0 Å². The van der Waals surface area contributed by atoms with Gasteiger partial charge < -0.3 is 30.2 Å². The van der Waals surface area contributed by atoms with E-state index in [1.165, 1.54) is 21.3 Å². The normalized spacial score (nSPS) is 15.7. The van der Waals surface area contributed by atoms with Crippen LogP contribution in [0.15, 0.2) is 41.6 Å². The number of amides is 3. The van der Waals surface area contributed by atoms with Gasteiger partial charge in [-0.25, -0.2) is 4.79 Å². The van der Waals surface area contributed by atoms with Gasteiger partial charge in [0, 0.05) is 11.4 Å². The van der Waals surface area contributed by atoms with Crippen LogP contribution in [0.4, 0.5) is 10.5 Å². The minimum absolute atomic E-state index is 0.322. The van der Waals surface area contributed by atoms with E-state index in [9.17, 15) is 9.59 Å². The standard InChI is InChI=1S/C23H27N3O5/c1-12-8-7-9-16(13(12)2)25-22(27)19-14(3)24-23(28)26-20(19)15-10-17(29-4)21(31-6)18(11-15)30-5/h7-11,20H,1-6H3,(H,25,27)(H2,24,26,28)/t20-/m0/s1. The second-order valence-electron chi connectivity index (χ2n) is 7.23. The zero-order valence-electron chi connectivity index (χ0n) is 18.5. The fraction of sp³-hybridized carbons (Fsp3) is 0.304. The summed E-state index contributed by atoms with van der Waals surface area (Å²) < 4.78 is 16.2. The Kier molecular flexibility index (Phi) is 6.39. The number of hydrogen-bond acceptors (Lipinski definition) is 5. The van der Waals surface area contributed by atoms with E-state index >= 15 is 0 Å². The second-order valence-corrected chi connectivity index (χ2v) is 7.23. The molecule has 1 atom stereocenters. The van der Waals surface area contributed by atoms with Crippen molar-refractivity contribution in [2.24, 2.45) is 0 Å². The highest BCUT2D eigenvalue weighted by atomic mass is 16.5. The molecule has 1 aliphatic heterocycles. The predicted octanol–water partition coefficient (Wildman–Crippen LogP) is 3.60. The van der Waals surface area contributed by atoms with Crippen LogP contribution in [0.25, 0.3) is 0 Å². The first-order valence-electron chi connectivity index (χ1n) is 9.76. The van der Waals surface area contributed by atoms with E-state index < -0.39 is 12.1 Å². The number of carbonyl (C=O) groups is 2. The highest BCUT2D eigenvalue weighted by Gasteiger charge is 2.33. The lowest BCUT2D eigenvalue weighted by Gasteiger charge is -2.29. The molecule has 164 valence electrons. The van der Waals surface area contributed by atoms with Gasteiger partial charge in [0.25, 0.3) is 5.91 Å². The van der Waals surface area contributed by atoms with Crippen molar-refractivity contribution in [1.29, 1.82) is 0 Å². The summed E-state index contributed by atoms with van der Waals surface area (Å²) in [7, 11) is 4.54. The lowest BCUT2D eigenvalue weighted by atomic mass is 9.94. The molecular formula is C23H27N3O5. The smallest absolute Gasteiger partial charge is 0.319 e. The maximum absolute atomic E-state index is 13.3. The van der Waals surface area contributed by atoms with Gasteiger partial charge >= 0.3 is 6.03 Å². The topological polar surface area (TPSA) is 97.9 Å². The van der Waals surface area contributed by atoms with Crippen LogP contribution in [-0.2, 0) is 4.79 Å². The quantitative estimate of drug-likeness (QED) is 0.657. The van der Waals surface area contributed by atoms with Gasteiger partial charge in [-0.1, -0.05) is 12.1 Å². The number of aryl methyl sites for hydroxylation is 1.